The van der Waals surface area contributed by atoms with E-state index in [1.54, 1.807) is 24.3 Å². The SMILES string of the molecule is C=C/C=c1/[nH]c(=O)c(C(C)(CC)CC)c(O)/c1=C/C=C. The number of hydrogen-bond acceptors (Lipinski definition) is 2. The van der Waals surface area contributed by atoms with Gasteiger partial charge in [0.1, 0.15) is 5.75 Å². The molecule has 0 aliphatic rings. The summed E-state index contributed by atoms with van der Waals surface area (Å²) in [5.41, 5.74) is -0.159. The van der Waals surface area contributed by atoms with E-state index in [4.69, 9.17) is 0 Å². The molecule has 0 unspecified atom stereocenters. The van der Waals surface area contributed by atoms with Crippen LogP contribution in [0.3, 0.4) is 0 Å². The van der Waals surface area contributed by atoms with Crippen molar-refractivity contribution in [2.24, 2.45) is 0 Å². The van der Waals surface area contributed by atoms with Crippen molar-refractivity contribution in [3.63, 3.8) is 0 Å². The Morgan fingerprint density at radius 1 is 1.20 bits per heavy atom. The third-order valence-electron chi connectivity index (χ3n) is 3.99. The fourth-order valence-electron chi connectivity index (χ4n) is 2.32. The summed E-state index contributed by atoms with van der Waals surface area (Å²) in [6.45, 7) is 13.3. The molecule has 0 atom stereocenters. The van der Waals surface area contributed by atoms with Gasteiger partial charge in [0.25, 0.3) is 5.56 Å². The molecule has 1 aromatic heterocycles. The fourth-order valence-corrected chi connectivity index (χ4v) is 2.32. The van der Waals surface area contributed by atoms with E-state index >= 15 is 0 Å². The van der Waals surface area contributed by atoms with E-state index < -0.39 is 0 Å². The smallest absolute Gasteiger partial charge is 0.255 e. The zero-order valence-corrected chi connectivity index (χ0v) is 12.5. The van der Waals surface area contributed by atoms with Crippen LogP contribution in [0, 0.1) is 0 Å². The first-order valence-electron chi connectivity index (χ1n) is 6.86. The molecule has 1 aromatic rings. The van der Waals surface area contributed by atoms with Gasteiger partial charge < -0.3 is 10.1 Å². The minimum atomic E-state index is -0.353. The van der Waals surface area contributed by atoms with E-state index in [9.17, 15) is 9.90 Å². The van der Waals surface area contributed by atoms with E-state index in [0.29, 0.717) is 16.1 Å². The number of allylic oxidation sites excluding steroid dienone is 2. The third kappa shape index (κ3) is 2.77. The van der Waals surface area contributed by atoms with Gasteiger partial charge in [0.05, 0.1) is 10.9 Å². The fraction of sp³-hybridized carbons (Fsp3) is 0.353. The Kier molecular flexibility index (Phi) is 5.14. The highest BCUT2D eigenvalue weighted by molar-refractivity contribution is 5.48. The van der Waals surface area contributed by atoms with Crippen LogP contribution in [0.1, 0.15) is 39.2 Å². The second-order valence-corrected chi connectivity index (χ2v) is 5.08. The Balaban J connectivity index is 3.94. The summed E-state index contributed by atoms with van der Waals surface area (Å²) in [7, 11) is 0. The molecule has 0 aromatic carbocycles. The minimum absolute atomic E-state index is 0.0351. The van der Waals surface area contributed by atoms with Crippen LogP contribution in [-0.4, -0.2) is 10.1 Å². The summed E-state index contributed by atoms with van der Waals surface area (Å²) < 4.78 is 0. The summed E-state index contributed by atoms with van der Waals surface area (Å²) in [5.74, 6) is 0.0351. The lowest BCUT2D eigenvalue weighted by Gasteiger charge is -2.27. The number of hydrogen-bond donors (Lipinski definition) is 2. The van der Waals surface area contributed by atoms with E-state index in [1.165, 1.54) is 0 Å². The van der Waals surface area contributed by atoms with Gasteiger partial charge in [-0.15, -0.1) is 0 Å². The van der Waals surface area contributed by atoms with Crippen molar-refractivity contribution in [2.75, 3.05) is 0 Å². The highest BCUT2D eigenvalue weighted by Crippen LogP contribution is 2.31. The minimum Gasteiger partial charge on any atom is -0.507 e. The van der Waals surface area contributed by atoms with Crippen LogP contribution in [0.2, 0.25) is 0 Å². The average molecular weight is 273 g/mol. The van der Waals surface area contributed by atoms with Gasteiger partial charge in [-0.3, -0.25) is 4.79 Å². The Morgan fingerprint density at radius 3 is 2.20 bits per heavy atom. The molecule has 1 heterocycles. The van der Waals surface area contributed by atoms with Crippen LogP contribution < -0.4 is 16.1 Å². The van der Waals surface area contributed by atoms with Crippen molar-refractivity contribution in [3.05, 3.63) is 51.8 Å². The van der Waals surface area contributed by atoms with Gasteiger partial charge in [0.2, 0.25) is 0 Å². The van der Waals surface area contributed by atoms with Crippen molar-refractivity contribution in [3.8, 4) is 5.75 Å². The standard InChI is InChI=1S/C17H23NO2/c1-6-10-12-13(11-7-2)18-16(20)14(15(12)19)17(5,8-3)9-4/h6-7,10-11,19H,1-2,8-9H2,3-5H3,(H,18,20)/b12-10+,13-11+. The molecule has 0 spiro atoms. The van der Waals surface area contributed by atoms with Gasteiger partial charge in [-0.2, -0.15) is 0 Å². The number of pyridine rings is 1. The molecule has 0 radical (unpaired) electrons. The normalized spacial score (nSPS) is 13.6. The van der Waals surface area contributed by atoms with Crippen LogP contribution in [0.25, 0.3) is 12.2 Å². The molecule has 3 heteroatoms. The first-order chi connectivity index (χ1) is 9.45. The molecular formula is C17H23NO2. The Morgan fingerprint density at radius 2 is 1.75 bits per heavy atom. The molecule has 20 heavy (non-hydrogen) atoms. The molecule has 0 aliphatic heterocycles. The lowest BCUT2D eigenvalue weighted by Crippen LogP contribution is -2.40. The molecule has 0 bridgehead atoms. The van der Waals surface area contributed by atoms with E-state index in [2.05, 4.69) is 18.1 Å². The molecule has 0 saturated carbocycles. The molecule has 0 fully saturated rings. The molecule has 0 saturated heterocycles. The van der Waals surface area contributed by atoms with Crippen LogP contribution in [0.5, 0.6) is 5.75 Å². The highest BCUT2D eigenvalue weighted by atomic mass is 16.3. The van der Waals surface area contributed by atoms with Crippen LogP contribution in [0.15, 0.2) is 30.1 Å². The maximum atomic E-state index is 12.3. The molecule has 2 N–H and O–H groups in total. The largest absolute Gasteiger partial charge is 0.507 e. The highest BCUT2D eigenvalue weighted by Gasteiger charge is 2.29. The van der Waals surface area contributed by atoms with Crippen molar-refractivity contribution >= 4 is 12.2 Å². The van der Waals surface area contributed by atoms with Crippen molar-refractivity contribution in [2.45, 2.75) is 39.0 Å². The molecule has 3 nitrogen and oxygen atoms in total. The van der Waals surface area contributed by atoms with Gasteiger partial charge in [0.15, 0.2) is 0 Å². The van der Waals surface area contributed by atoms with Crippen molar-refractivity contribution < 1.29 is 5.11 Å². The summed E-state index contributed by atoms with van der Waals surface area (Å²) in [4.78, 5) is 15.2. The van der Waals surface area contributed by atoms with Crippen LogP contribution in [-0.2, 0) is 5.41 Å². The predicted octanol–water partition coefficient (Wildman–Crippen LogP) is 2.09. The first-order valence-corrected chi connectivity index (χ1v) is 6.86. The molecular weight excluding hydrogens is 250 g/mol. The monoisotopic (exact) mass is 273 g/mol. The Labute approximate surface area is 119 Å². The summed E-state index contributed by atoms with van der Waals surface area (Å²) >= 11 is 0. The van der Waals surface area contributed by atoms with Gasteiger partial charge >= 0.3 is 0 Å². The zero-order valence-electron chi connectivity index (χ0n) is 12.5. The van der Waals surface area contributed by atoms with Crippen molar-refractivity contribution in [1.82, 2.24) is 4.98 Å². The average Bonchev–Trinajstić information content (AvgIpc) is 2.43. The number of aromatic nitrogens is 1. The van der Waals surface area contributed by atoms with Gasteiger partial charge in [-0.05, 0) is 25.0 Å². The topological polar surface area (TPSA) is 53.1 Å². The van der Waals surface area contributed by atoms with Gasteiger partial charge in [-0.1, -0.05) is 46.1 Å². The number of aromatic amines is 1. The molecule has 1 rings (SSSR count). The summed E-state index contributed by atoms with van der Waals surface area (Å²) in [6, 6.07) is 0. The van der Waals surface area contributed by atoms with Crippen LogP contribution in [0.4, 0.5) is 0 Å². The lowest BCUT2D eigenvalue weighted by molar-refractivity contribution is 0.390. The zero-order chi connectivity index (χ0) is 15.3. The number of nitrogens with one attached hydrogen (secondary N) is 1. The molecule has 108 valence electrons. The second-order valence-electron chi connectivity index (χ2n) is 5.08. The number of rotatable bonds is 5. The second kappa shape index (κ2) is 6.42. The Bertz CT molecular complexity index is 676. The van der Waals surface area contributed by atoms with Gasteiger partial charge in [-0.25, -0.2) is 0 Å². The number of H-pyrrole nitrogens is 1. The lowest BCUT2D eigenvalue weighted by atomic mass is 9.77. The molecule has 0 aliphatic carbocycles. The molecule has 0 amide bonds. The number of aromatic hydroxyl groups is 1. The van der Waals surface area contributed by atoms with Crippen molar-refractivity contribution in [1.29, 1.82) is 0 Å². The predicted molar refractivity (Wildman–Crippen MR) is 85.2 cm³/mol. The van der Waals surface area contributed by atoms with E-state index in [-0.39, 0.29) is 16.7 Å². The van der Waals surface area contributed by atoms with E-state index in [1.807, 2.05) is 20.8 Å². The maximum absolute atomic E-state index is 12.3. The third-order valence-corrected chi connectivity index (χ3v) is 3.99. The Hall–Kier alpha value is -2.03. The first kappa shape index (κ1) is 16.0. The van der Waals surface area contributed by atoms with Crippen LogP contribution >= 0.6 is 0 Å². The summed E-state index contributed by atoms with van der Waals surface area (Å²) in [5, 5.41) is 11.7. The quantitative estimate of drug-likeness (QED) is 0.863. The summed E-state index contributed by atoms with van der Waals surface area (Å²) in [6.07, 6.45) is 8.07. The van der Waals surface area contributed by atoms with Gasteiger partial charge in [0, 0.05) is 10.6 Å². The maximum Gasteiger partial charge on any atom is 0.255 e. The van der Waals surface area contributed by atoms with E-state index in [0.717, 1.165) is 12.8 Å².